The van der Waals surface area contributed by atoms with Crippen LogP contribution in [-0.4, -0.2) is 43.0 Å². The van der Waals surface area contributed by atoms with E-state index in [1.807, 2.05) is 0 Å². The van der Waals surface area contributed by atoms with Crippen molar-refractivity contribution in [3.05, 3.63) is 51.6 Å². The molecule has 1 amide bonds. The molecule has 10 heteroatoms. The number of aromatic hydroxyl groups is 1. The molecule has 10 nitrogen and oxygen atoms in total. The van der Waals surface area contributed by atoms with Crippen LogP contribution in [0.2, 0.25) is 0 Å². The molecule has 2 aromatic rings. The zero-order valence-corrected chi connectivity index (χ0v) is 16.2. The number of rotatable bonds is 9. The molecule has 0 aliphatic carbocycles. The first kappa shape index (κ1) is 21.5. The number of carbonyl (C=O) groups excluding carboxylic acids is 1. The van der Waals surface area contributed by atoms with Crippen LogP contribution in [0.5, 0.6) is 23.0 Å². The maximum Gasteiger partial charge on any atom is 0.315 e. The summed E-state index contributed by atoms with van der Waals surface area (Å²) in [6.45, 7) is 1.90. The largest absolute Gasteiger partial charge is 0.500 e. The van der Waals surface area contributed by atoms with Crippen molar-refractivity contribution in [2.24, 2.45) is 5.10 Å². The number of hydrogen-bond donors (Lipinski definition) is 2. The number of ether oxygens (including phenoxy) is 3. The van der Waals surface area contributed by atoms with E-state index in [1.54, 1.807) is 25.1 Å². The molecule has 0 fully saturated rings. The summed E-state index contributed by atoms with van der Waals surface area (Å²) in [4.78, 5) is 22.4. The van der Waals surface area contributed by atoms with Gasteiger partial charge in [-0.15, -0.1) is 0 Å². The Labute approximate surface area is 166 Å². The number of amides is 1. The van der Waals surface area contributed by atoms with E-state index >= 15 is 0 Å². The van der Waals surface area contributed by atoms with Crippen molar-refractivity contribution < 1.29 is 29.0 Å². The minimum Gasteiger partial charge on any atom is -0.500 e. The number of phenols is 1. The maximum atomic E-state index is 12.1. The lowest BCUT2D eigenvalue weighted by Crippen LogP contribution is -2.19. The minimum atomic E-state index is -0.731. The van der Waals surface area contributed by atoms with E-state index in [9.17, 15) is 20.0 Å². The lowest BCUT2D eigenvalue weighted by atomic mass is 10.1. The summed E-state index contributed by atoms with van der Waals surface area (Å²) in [6.07, 6.45) is 1.26. The first-order valence-electron chi connectivity index (χ1n) is 8.56. The molecule has 29 heavy (non-hydrogen) atoms. The zero-order valence-electron chi connectivity index (χ0n) is 16.2. The third-order valence-corrected chi connectivity index (χ3v) is 3.79. The molecule has 0 heterocycles. The molecule has 0 atom stereocenters. The van der Waals surface area contributed by atoms with Gasteiger partial charge in [-0.05, 0) is 30.7 Å². The highest BCUT2D eigenvalue weighted by molar-refractivity contribution is 5.85. The van der Waals surface area contributed by atoms with Gasteiger partial charge in [0.1, 0.15) is 0 Å². The van der Waals surface area contributed by atoms with Crippen molar-refractivity contribution in [2.45, 2.75) is 13.3 Å². The summed E-state index contributed by atoms with van der Waals surface area (Å²) < 4.78 is 15.5. The number of hydrazone groups is 1. The Bertz CT molecular complexity index is 928. The predicted molar refractivity (Wildman–Crippen MR) is 105 cm³/mol. The monoisotopic (exact) mass is 403 g/mol. The normalized spacial score (nSPS) is 10.6. The van der Waals surface area contributed by atoms with Crippen LogP contribution in [0.1, 0.15) is 18.1 Å². The molecule has 2 N–H and O–H groups in total. The zero-order chi connectivity index (χ0) is 21.4. The summed E-state index contributed by atoms with van der Waals surface area (Å²) >= 11 is 0. The second-order valence-corrected chi connectivity index (χ2v) is 5.74. The van der Waals surface area contributed by atoms with Gasteiger partial charge in [-0.2, -0.15) is 5.10 Å². The van der Waals surface area contributed by atoms with E-state index < -0.39 is 22.3 Å². The number of nitro groups is 1. The standard InChI is InChI=1S/C19H21N3O7/c1-4-29-17-9-13(7-14(19(17)24)22(25)26)11-20-21-18(23)10-12-5-6-15(27-2)16(8-12)28-3/h5-9,11,24H,4,10H2,1-3H3,(H,21,23)/b20-11-. The van der Waals surface area contributed by atoms with E-state index in [1.165, 1.54) is 26.5 Å². The van der Waals surface area contributed by atoms with Crippen molar-refractivity contribution in [2.75, 3.05) is 20.8 Å². The number of nitro benzene ring substituents is 1. The fraction of sp³-hybridized carbons (Fsp3) is 0.263. The van der Waals surface area contributed by atoms with Crippen molar-refractivity contribution in [3.8, 4) is 23.0 Å². The molecule has 154 valence electrons. The van der Waals surface area contributed by atoms with E-state index in [0.29, 0.717) is 17.1 Å². The number of phenolic OH excluding ortho intramolecular Hbond substituents is 1. The van der Waals surface area contributed by atoms with Crippen LogP contribution >= 0.6 is 0 Å². The van der Waals surface area contributed by atoms with Crippen LogP contribution in [0.3, 0.4) is 0 Å². The smallest absolute Gasteiger partial charge is 0.315 e. The molecule has 2 rings (SSSR count). The third-order valence-electron chi connectivity index (χ3n) is 3.79. The molecular formula is C19H21N3O7. The van der Waals surface area contributed by atoms with Crippen molar-refractivity contribution in [1.82, 2.24) is 5.43 Å². The average molecular weight is 403 g/mol. The topological polar surface area (TPSA) is 133 Å². The Balaban J connectivity index is 2.09. The summed E-state index contributed by atoms with van der Waals surface area (Å²) in [5.41, 5.74) is 2.80. The van der Waals surface area contributed by atoms with Gasteiger partial charge in [-0.3, -0.25) is 14.9 Å². The lowest BCUT2D eigenvalue weighted by molar-refractivity contribution is -0.386. The fourth-order valence-corrected chi connectivity index (χ4v) is 2.49. The molecule has 0 saturated heterocycles. The molecule has 0 aromatic heterocycles. The second-order valence-electron chi connectivity index (χ2n) is 5.74. The highest BCUT2D eigenvalue weighted by Gasteiger charge is 2.19. The molecule has 0 saturated carbocycles. The third kappa shape index (κ3) is 5.58. The van der Waals surface area contributed by atoms with Gasteiger partial charge in [0.05, 0.1) is 38.4 Å². The number of methoxy groups -OCH3 is 2. The van der Waals surface area contributed by atoms with Gasteiger partial charge >= 0.3 is 5.69 Å². The van der Waals surface area contributed by atoms with Crippen molar-refractivity contribution in [3.63, 3.8) is 0 Å². The Morgan fingerprint density at radius 3 is 2.55 bits per heavy atom. The summed E-state index contributed by atoms with van der Waals surface area (Å²) in [5, 5.41) is 24.7. The van der Waals surface area contributed by atoms with E-state index in [0.717, 1.165) is 6.07 Å². The minimum absolute atomic E-state index is 0.0393. The SMILES string of the molecule is CCOc1cc(/C=N\NC(=O)Cc2ccc(OC)c(OC)c2)cc([N+](=O)[O-])c1O. The van der Waals surface area contributed by atoms with Crippen molar-refractivity contribution >= 4 is 17.8 Å². The number of nitrogens with zero attached hydrogens (tertiary/aromatic N) is 2. The summed E-state index contributed by atoms with van der Waals surface area (Å²) in [6, 6.07) is 7.61. The molecule has 0 unspecified atom stereocenters. The second kappa shape index (κ2) is 9.93. The van der Waals surface area contributed by atoms with Gasteiger partial charge in [0, 0.05) is 11.6 Å². The first-order chi connectivity index (χ1) is 13.9. The molecule has 0 aliphatic rings. The molecule has 0 aliphatic heterocycles. The highest BCUT2D eigenvalue weighted by atomic mass is 16.6. The van der Waals surface area contributed by atoms with Gasteiger partial charge in [0.15, 0.2) is 17.2 Å². The van der Waals surface area contributed by atoms with E-state index in [2.05, 4.69) is 10.5 Å². The van der Waals surface area contributed by atoms with Crippen LogP contribution < -0.4 is 19.6 Å². The number of nitrogens with one attached hydrogen (secondary N) is 1. The molecule has 0 spiro atoms. The van der Waals surface area contributed by atoms with Gasteiger partial charge in [-0.25, -0.2) is 5.43 Å². The van der Waals surface area contributed by atoms with Crippen LogP contribution in [0, 0.1) is 10.1 Å². The first-order valence-corrected chi connectivity index (χ1v) is 8.56. The van der Waals surface area contributed by atoms with Gasteiger partial charge in [-0.1, -0.05) is 6.07 Å². The van der Waals surface area contributed by atoms with E-state index in [-0.39, 0.29) is 24.3 Å². The Hall–Kier alpha value is -3.82. The van der Waals surface area contributed by atoms with Gasteiger partial charge in [0.2, 0.25) is 11.7 Å². The van der Waals surface area contributed by atoms with Crippen LogP contribution in [-0.2, 0) is 11.2 Å². The number of benzene rings is 2. The molecular weight excluding hydrogens is 382 g/mol. The van der Waals surface area contributed by atoms with E-state index in [4.69, 9.17) is 14.2 Å². The predicted octanol–water partition coefficient (Wildman–Crippen LogP) is 2.41. The summed E-state index contributed by atoms with van der Waals surface area (Å²) in [5.74, 6) is 0.0490. The number of hydrogen-bond acceptors (Lipinski definition) is 8. The molecule has 2 aromatic carbocycles. The van der Waals surface area contributed by atoms with Crippen LogP contribution in [0.15, 0.2) is 35.4 Å². The average Bonchev–Trinajstić information content (AvgIpc) is 2.69. The quantitative estimate of drug-likeness (QED) is 0.373. The highest BCUT2D eigenvalue weighted by Crippen LogP contribution is 2.36. The Morgan fingerprint density at radius 2 is 1.93 bits per heavy atom. The fourth-order valence-electron chi connectivity index (χ4n) is 2.49. The Kier molecular flexibility index (Phi) is 7.35. The van der Waals surface area contributed by atoms with Crippen LogP contribution in [0.25, 0.3) is 0 Å². The van der Waals surface area contributed by atoms with Gasteiger partial charge < -0.3 is 19.3 Å². The van der Waals surface area contributed by atoms with Gasteiger partial charge in [0.25, 0.3) is 0 Å². The Morgan fingerprint density at radius 1 is 1.21 bits per heavy atom. The molecule has 0 radical (unpaired) electrons. The number of carbonyl (C=O) groups is 1. The maximum absolute atomic E-state index is 12.1. The lowest BCUT2D eigenvalue weighted by Gasteiger charge is -2.09. The molecule has 0 bridgehead atoms. The summed E-state index contributed by atoms with van der Waals surface area (Å²) in [7, 11) is 3.02. The van der Waals surface area contributed by atoms with Crippen LogP contribution in [0.4, 0.5) is 5.69 Å². The van der Waals surface area contributed by atoms with Crippen molar-refractivity contribution in [1.29, 1.82) is 0 Å².